The Morgan fingerprint density at radius 3 is 2.07 bits per heavy atom. The van der Waals surface area contributed by atoms with Crippen LogP contribution in [0, 0.1) is 0 Å². The lowest BCUT2D eigenvalue weighted by Gasteiger charge is -2.38. The van der Waals surface area contributed by atoms with E-state index in [0.29, 0.717) is 0 Å². The summed E-state index contributed by atoms with van der Waals surface area (Å²) >= 11 is 5.09. The number of carbonyl (C=O) groups excluding carboxylic acids is 1. The maximum atomic E-state index is 12.3. The Kier molecular flexibility index (Phi) is 2.96. The standard InChI is InChI=1S/C7H9ClF3NO2/c8-5(13)12-3-1-6(14,2-4-12)7(9,10)11/h14H,1-4H2. The van der Waals surface area contributed by atoms with Gasteiger partial charge in [-0.05, 0) is 11.6 Å². The predicted octanol–water partition coefficient (Wildman–Crippen LogP) is 1.73. The summed E-state index contributed by atoms with van der Waals surface area (Å²) in [6, 6.07) is 0. The molecule has 0 bridgehead atoms. The molecule has 1 aliphatic heterocycles. The predicted molar refractivity (Wildman–Crippen MR) is 43.1 cm³/mol. The van der Waals surface area contributed by atoms with Crippen LogP contribution in [0.15, 0.2) is 0 Å². The average molecular weight is 232 g/mol. The van der Waals surface area contributed by atoms with Crippen LogP contribution < -0.4 is 0 Å². The summed E-state index contributed by atoms with van der Waals surface area (Å²) in [7, 11) is 0. The number of rotatable bonds is 0. The number of halogens is 4. The number of piperidine rings is 1. The highest BCUT2D eigenvalue weighted by Gasteiger charge is 2.54. The van der Waals surface area contributed by atoms with E-state index in [-0.39, 0.29) is 13.1 Å². The first kappa shape index (κ1) is 11.6. The molecule has 1 amide bonds. The number of carbonyl (C=O) groups is 1. The van der Waals surface area contributed by atoms with E-state index in [1.54, 1.807) is 0 Å². The number of amides is 1. The Balaban J connectivity index is 2.62. The van der Waals surface area contributed by atoms with Gasteiger partial charge >= 0.3 is 11.5 Å². The van der Waals surface area contributed by atoms with E-state index in [1.165, 1.54) is 0 Å². The summed E-state index contributed by atoms with van der Waals surface area (Å²) in [5.74, 6) is 0. The van der Waals surface area contributed by atoms with Crippen molar-refractivity contribution in [3.8, 4) is 0 Å². The minimum Gasteiger partial charge on any atom is -0.380 e. The maximum absolute atomic E-state index is 12.3. The molecule has 1 saturated heterocycles. The van der Waals surface area contributed by atoms with E-state index in [4.69, 9.17) is 11.6 Å². The minimum absolute atomic E-state index is 0.168. The van der Waals surface area contributed by atoms with E-state index >= 15 is 0 Å². The van der Waals surface area contributed by atoms with Gasteiger partial charge < -0.3 is 10.0 Å². The van der Waals surface area contributed by atoms with Gasteiger partial charge in [0, 0.05) is 25.9 Å². The molecule has 0 aliphatic carbocycles. The number of nitrogens with zero attached hydrogens (tertiary/aromatic N) is 1. The second kappa shape index (κ2) is 3.58. The third-order valence-electron chi connectivity index (χ3n) is 2.37. The third-order valence-corrected chi connectivity index (χ3v) is 2.61. The van der Waals surface area contributed by atoms with Crippen molar-refractivity contribution in [2.24, 2.45) is 0 Å². The van der Waals surface area contributed by atoms with Crippen molar-refractivity contribution in [1.82, 2.24) is 4.90 Å². The lowest BCUT2D eigenvalue weighted by Crippen LogP contribution is -2.53. The Morgan fingerprint density at radius 1 is 1.36 bits per heavy atom. The lowest BCUT2D eigenvalue weighted by atomic mass is 9.91. The van der Waals surface area contributed by atoms with E-state index in [2.05, 4.69) is 0 Å². The molecule has 0 aromatic rings. The second-order valence-electron chi connectivity index (χ2n) is 3.27. The van der Waals surface area contributed by atoms with E-state index in [9.17, 15) is 23.1 Å². The van der Waals surface area contributed by atoms with Crippen molar-refractivity contribution in [3.05, 3.63) is 0 Å². The van der Waals surface area contributed by atoms with Gasteiger partial charge in [-0.15, -0.1) is 0 Å². The Labute approximate surface area is 83.4 Å². The van der Waals surface area contributed by atoms with Gasteiger partial charge in [0.2, 0.25) is 0 Å². The first-order valence-corrected chi connectivity index (χ1v) is 4.37. The van der Waals surface area contributed by atoms with Crippen LogP contribution >= 0.6 is 11.6 Å². The van der Waals surface area contributed by atoms with Gasteiger partial charge in [-0.2, -0.15) is 13.2 Å². The van der Waals surface area contributed by atoms with Crippen LogP contribution in [0.25, 0.3) is 0 Å². The SMILES string of the molecule is O=C(Cl)N1CCC(O)(C(F)(F)F)CC1. The molecule has 1 N–H and O–H groups in total. The summed E-state index contributed by atoms with van der Waals surface area (Å²) in [5, 5.41) is 8.42. The van der Waals surface area contributed by atoms with Crippen molar-refractivity contribution < 1.29 is 23.1 Å². The Morgan fingerprint density at radius 2 is 1.79 bits per heavy atom. The maximum Gasteiger partial charge on any atom is 0.417 e. The van der Waals surface area contributed by atoms with Crippen molar-refractivity contribution in [2.75, 3.05) is 13.1 Å². The van der Waals surface area contributed by atoms with Crippen LogP contribution in [-0.2, 0) is 0 Å². The molecular weight excluding hydrogens is 223 g/mol. The van der Waals surface area contributed by atoms with Gasteiger partial charge in [0.1, 0.15) is 0 Å². The molecule has 82 valence electrons. The fourth-order valence-corrected chi connectivity index (χ4v) is 1.50. The van der Waals surface area contributed by atoms with Crippen LogP contribution in [0.4, 0.5) is 18.0 Å². The fraction of sp³-hybridized carbons (Fsp3) is 0.857. The smallest absolute Gasteiger partial charge is 0.380 e. The van der Waals surface area contributed by atoms with Crippen LogP contribution in [-0.4, -0.2) is 40.2 Å². The third kappa shape index (κ3) is 2.12. The molecule has 1 aliphatic rings. The van der Waals surface area contributed by atoms with E-state index in [1.807, 2.05) is 0 Å². The summed E-state index contributed by atoms with van der Waals surface area (Å²) < 4.78 is 36.8. The van der Waals surface area contributed by atoms with Gasteiger partial charge in [0.15, 0.2) is 5.60 Å². The lowest BCUT2D eigenvalue weighted by molar-refractivity contribution is -0.271. The number of alkyl halides is 3. The molecule has 0 unspecified atom stereocenters. The number of aliphatic hydroxyl groups is 1. The first-order valence-electron chi connectivity index (χ1n) is 4.00. The van der Waals surface area contributed by atoms with Gasteiger partial charge in [-0.1, -0.05) is 0 Å². The largest absolute Gasteiger partial charge is 0.417 e. The number of likely N-dealkylation sites (tertiary alicyclic amines) is 1. The molecule has 7 heteroatoms. The molecule has 0 radical (unpaired) electrons. The summed E-state index contributed by atoms with van der Waals surface area (Å²) in [6.45, 7) is -0.337. The molecular formula is C7H9ClF3NO2. The molecule has 0 aromatic carbocycles. The highest BCUT2D eigenvalue weighted by atomic mass is 35.5. The highest BCUT2D eigenvalue weighted by molar-refractivity contribution is 6.62. The molecule has 0 spiro atoms. The van der Waals surface area contributed by atoms with Crippen molar-refractivity contribution in [3.63, 3.8) is 0 Å². The van der Waals surface area contributed by atoms with Crippen LogP contribution in [0.3, 0.4) is 0 Å². The van der Waals surface area contributed by atoms with E-state index < -0.39 is 30.0 Å². The summed E-state index contributed by atoms with van der Waals surface area (Å²) in [6.07, 6.45) is -5.68. The molecule has 0 atom stereocenters. The minimum atomic E-state index is -4.64. The van der Waals surface area contributed by atoms with Gasteiger partial charge in [0.25, 0.3) is 0 Å². The van der Waals surface area contributed by atoms with Gasteiger partial charge in [0.05, 0.1) is 0 Å². The molecule has 1 rings (SSSR count). The quantitative estimate of drug-likeness (QED) is 0.510. The van der Waals surface area contributed by atoms with Gasteiger partial charge in [-0.25, -0.2) is 0 Å². The Bertz CT molecular complexity index is 236. The number of hydrogen-bond donors (Lipinski definition) is 1. The van der Waals surface area contributed by atoms with Crippen LogP contribution in [0.2, 0.25) is 0 Å². The zero-order valence-corrected chi connectivity index (χ0v) is 7.90. The number of hydrogen-bond acceptors (Lipinski definition) is 2. The zero-order chi connectivity index (χ0) is 11.0. The molecule has 1 fully saturated rings. The highest BCUT2D eigenvalue weighted by Crippen LogP contribution is 2.38. The van der Waals surface area contributed by atoms with Crippen LogP contribution in [0.5, 0.6) is 0 Å². The second-order valence-corrected chi connectivity index (χ2v) is 3.59. The first-order chi connectivity index (χ1) is 6.26. The van der Waals surface area contributed by atoms with Gasteiger partial charge in [-0.3, -0.25) is 4.79 Å². The molecule has 0 aromatic heterocycles. The Hall–Kier alpha value is -0.490. The topological polar surface area (TPSA) is 40.5 Å². The van der Waals surface area contributed by atoms with Crippen molar-refractivity contribution in [2.45, 2.75) is 24.6 Å². The molecule has 3 nitrogen and oxygen atoms in total. The zero-order valence-electron chi connectivity index (χ0n) is 7.14. The molecule has 0 saturated carbocycles. The summed E-state index contributed by atoms with van der Waals surface area (Å²) in [5.41, 5.74) is -2.67. The van der Waals surface area contributed by atoms with Crippen molar-refractivity contribution >= 4 is 17.0 Å². The average Bonchev–Trinajstić information content (AvgIpc) is 2.03. The van der Waals surface area contributed by atoms with E-state index in [0.717, 1.165) is 4.90 Å². The summed E-state index contributed by atoms with van der Waals surface area (Å²) in [4.78, 5) is 11.7. The monoisotopic (exact) mass is 231 g/mol. The molecule has 14 heavy (non-hydrogen) atoms. The normalized spacial score (nSPS) is 22.2. The van der Waals surface area contributed by atoms with Crippen LogP contribution in [0.1, 0.15) is 12.8 Å². The van der Waals surface area contributed by atoms with Crippen molar-refractivity contribution in [1.29, 1.82) is 0 Å². The molecule has 1 heterocycles. The fourth-order valence-electron chi connectivity index (χ4n) is 1.34.